The second kappa shape index (κ2) is 10.3. The molecule has 0 saturated heterocycles. The van der Waals surface area contributed by atoms with Crippen molar-refractivity contribution in [1.82, 2.24) is 14.6 Å². The highest BCUT2D eigenvalue weighted by Gasteiger charge is 2.36. The minimum Gasteiger partial charge on any atom is -0.492 e. The van der Waals surface area contributed by atoms with Crippen LogP contribution in [-0.2, 0) is 17.8 Å². The Labute approximate surface area is 230 Å². The molecule has 2 aliphatic rings. The van der Waals surface area contributed by atoms with Crippen molar-refractivity contribution >= 4 is 50.7 Å². The molecule has 1 amide bonds. The number of amidine groups is 2. The third kappa shape index (κ3) is 4.88. The fraction of sp³-hybridized carbons (Fsp3) is 0.167. The number of hydrogen-bond acceptors (Lipinski definition) is 6. The van der Waals surface area contributed by atoms with E-state index in [1.165, 1.54) is 27.9 Å². The number of aliphatic imine (C=N–C) groups is 1. The summed E-state index contributed by atoms with van der Waals surface area (Å²) in [5, 5.41) is 16.7. The summed E-state index contributed by atoms with van der Waals surface area (Å²) in [5.41, 5.74) is 5.31. The first kappa shape index (κ1) is 24.8. The summed E-state index contributed by atoms with van der Waals surface area (Å²) >= 11 is 1.26. The van der Waals surface area contributed by atoms with Gasteiger partial charge in [0.05, 0.1) is 12.1 Å². The predicted molar refractivity (Wildman–Crippen MR) is 156 cm³/mol. The first-order chi connectivity index (χ1) is 19.0. The number of aromatic nitrogens is 2. The Morgan fingerprint density at radius 2 is 2.00 bits per heavy atom. The van der Waals surface area contributed by atoms with E-state index < -0.39 is 5.91 Å². The highest BCUT2D eigenvalue weighted by atomic mass is 32.2. The maximum absolute atomic E-state index is 13.0. The smallest absolute Gasteiger partial charge is 0.283 e. The van der Waals surface area contributed by atoms with Gasteiger partial charge in [0.2, 0.25) is 5.17 Å². The summed E-state index contributed by atoms with van der Waals surface area (Å²) in [7, 11) is 0. The first-order valence-electron chi connectivity index (χ1n) is 12.7. The monoisotopic (exact) mass is 534 g/mol. The molecule has 0 saturated carbocycles. The fourth-order valence-electron chi connectivity index (χ4n) is 4.70. The lowest BCUT2D eigenvalue weighted by Crippen LogP contribution is -2.35. The van der Waals surface area contributed by atoms with E-state index in [2.05, 4.69) is 51.7 Å². The number of aryl methyl sites for hydroxylation is 2. The number of amides is 1. The molecule has 0 aliphatic carbocycles. The van der Waals surface area contributed by atoms with Gasteiger partial charge in [-0.2, -0.15) is 15.1 Å². The quantitative estimate of drug-likeness (QED) is 0.309. The van der Waals surface area contributed by atoms with Gasteiger partial charge in [0, 0.05) is 40.6 Å². The second-order valence-corrected chi connectivity index (χ2v) is 10.3. The third-order valence-electron chi connectivity index (χ3n) is 6.60. The average Bonchev–Trinajstić information content (AvgIpc) is 3.53. The Balaban J connectivity index is 1.27. The summed E-state index contributed by atoms with van der Waals surface area (Å²) in [6.45, 7) is 5.35. The van der Waals surface area contributed by atoms with Crippen LogP contribution in [0, 0.1) is 12.3 Å². The molecule has 0 atom stereocenters. The molecule has 2 aliphatic heterocycles. The molecule has 0 spiro atoms. The highest BCUT2D eigenvalue weighted by molar-refractivity contribution is 8.27. The number of pyridine rings is 1. The maximum atomic E-state index is 13.0. The molecule has 6 rings (SSSR count). The van der Waals surface area contributed by atoms with E-state index in [1.54, 1.807) is 18.5 Å². The molecule has 1 N–H and O–H groups in total. The van der Waals surface area contributed by atoms with Crippen molar-refractivity contribution in [1.29, 1.82) is 5.41 Å². The van der Waals surface area contributed by atoms with Gasteiger partial charge in [0.15, 0.2) is 5.84 Å². The van der Waals surface area contributed by atoms with E-state index in [4.69, 9.17) is 10.1 Å². The number of hydrazone groups is 1. The number of benzene rings is 2. The van der Waals surface area contributed by atoms with Gasteiger partial charge in [0.25, 0.3) is 5.91 Å². The maximum Gasteiger partial charge on any atom is 0.283 e. The zero-order valence-corrected chi connectivity index (χ0v) is 22.4. The number of nitrogens with zero attached hydrogens (tertiary/aromatic N) is 5. The molecule has 4 heterocycles. The van der Waals surface area contributed by atoms with Gasteiger partial charge in [-0.3, -0.25) is 15.2 Å². The predicted octanol–water partition coefficient (Wildman–Crippen LogP) is 5.65. The zero-order chi connectivity index (χ0) is 26.9. The van der Waals surface area contributed by atoms with Crippen LogP contribution in [0.2, 0.25) is 0 Å². The lowest BCUT2D eigenvalue weighted by molar-refractivity contribution is -0.114. The van der Waals surface area contributed by atoms with Crippen LogP contribution >= 0.6 is 11.8 Å². The molecule has 39 heavy (non-hydrogen) atoms. The third-order valence-corrected chi connectivity index (χ3v) is 7.56. The topological polar surface area (TPSA) is 95.9 Å². The standard InChI is InChI=1S/C30H26N6O2S/c1-3-20-13-19(2)14-23(15-20)38-12-11-35-18-22(24-8-4-5-9-26(24)35)16-25-27(31)36-30(33-28(25)37)39-29(34-36)21-7-6-10-32-17-21/h4-10,13-18,31H,3,11-12H2,1-2H3/b25-16+,31-27?. The molecule has 0 unspecified atom stereocenters. The molecule has 4 aromatic rings. The van der Waals surface area contributed by atoms with E-state index in [0.29, 0.717) is 23.4 Å². The van der Waals surface area contributed by atoms with Gasteiger partial charge in [0.1, 0.15) is 17.4 Å². The SMILES string of the molecule is CCc1cc(C)cc(OCCn2cc(/C=C3\C(=N)N4N=C(c5cccnc5)SC4=NC3=O)c3ccccc32)c1. The van der Waals surface area contributed by atoms with Crippen LogP contribution in [-0.4, -0.2) is 43.1 Å². The van der Waals surface area contributed by atoms with Crippen LogP contribution in [0.15, 0.2) is 88.9 Å². The molecule has 2 aromatic carbocycles. The first-order valence-corrected chi connectivity index (χ1v) is 13.5. The normalized spacial score (nSPS) is 16.1. The summed E-state index contributed by atoms with van der Waals surface area (Å²) < 4.78 is 8.22. The van der Waals surface area contributed by atoms with Crippen LogP contribution in [0.4, 0.5) is 0 Å². The van der Waals surface area contributed by atoms with Crippen LogP contribution < -0.4 is 4.74 Å². The lowest BCUT2D eigenvalue weighted by atomic mass is 10.1. The molecule has 0 fully saturated rings. The molecule has 0 radical (unpaired) electrons. The Bertz CT molecular complexity index is 1700. The van der Waals surface area contributed by atoms with Crippen molar-refractivity contribution in [3.63, 3.8) is 0 Å². The summed E-state index contributed by atoms with van der Waals surface area (Å²) in [5.74, 6) is 0.422. The van der Waals surface area contributed by atoms with E-state index in [0.717, 1.165) is 34.2 Å². The van der Waals surface area contributed by atoms with Crippen molar-refractivity contribution in [2.24, 2.45) is 10.1 Å². The fourth-order valence-corrected chi connectivity index (χ4v) is 5.58. The van der Waals surface area contributed by atoms with E-state index in [-0.39, 0.29) is 11.4 Å². The van der Waals surface area contributed by atoms with Gasteiger partial charge in [-0.15, -0.1) is 0 Å². The number of hydrogen-bond donors (Lipinski definition) is 1. The highest BCUT2D eigenvalue weighted by Crippen LogP contribution is 2.32. The van der Waals surface area contributed by atoms with E-state index >= 15 is 0 Å². The Kier molecular flexibility index (Phi) is 6.58. The number of carbonyl (C=O) groups is 1. The van der Waals surface area contributed by atoms with Gasteiger partial charge in [-0.25, -0.2) is 0 Å². The molecular formula is C30H26N6O2S. The summed E-state index contributed by atoms with van der Waals surface area (Å²) in [6.07, 6.45) is 8.09. The molecule has 0 bridgehead atoms. The second-order valence-electron chi connectivity index (χ2n) is 9.32. The Morgan fingerprint density at radius 3 is 2.82 bits per heavy atom. The van der Waals surface area contributed by atoms with Crippen molar-refractivity contribution in [2.45, 2.75) is 26.8 Å². The molecular weight excluding hydrogens is 508 g/mol. The Morgan fingerprint density at radius 1 is 1.13 bits per heavy atom. The van der Waals surface area contributed by atoms with E-state index in [9.17, 15) is 4.79 Å². The molecule has 2 aromatic heterocycles. The van der Waals surface area contributed by atoms with Crippen molar-refractivity contribution in [3.8, 4) is 5.75 Å². The van der Waals surface area contributed by atoms with Crippen LogP contribution in [0.1, 0.15) is 29.2 Å². The Hall–Kier alpha value is -4.50. The van der Waals surface area contributed by atoms with Crippen LogP contribution in [0.3, 0.4) is 0 Å². The van der Waals surface area contributed by atoms with E-state index in [1.807, 2.05) is 42.6 Å². The van der Waals surface area contributed by atoms with Gasteiger partial charge >= 0.3 is 0 Å². The minimum atomic E-state index is -0.451. The summed E-state index contributed by atoms with van der Waals surface area (Å²) in [4.78, 5) is 21.4. The lowest BCUT2D eigenvalue weighted by Gasteiger charge is -2.20. The molecule has 194 valence electrons. The van der Waals surface area contributed by atoms with Gasteiger partial charge in [-0.1, -0.05) is 31.2 Å². The minimum absolute atomic E-state index is 0.00253. The van der Waals surface area contributed by atoms with Gasteiger partial charge < -0.3 is 9.30 Å². The van der Waals surface area contributed by atoms with Crippen LogP contribution in [0.5, 0.6) is 5.75 Å². The number of thioether (sulfide) groups is 1. The zero-order valence-electron chi connectivity index (χ0n) is 21.6. The number of carbonyl (C=O) groups excluding carboxylic acids is 1. The summed E-state index contributed by atoms with van der Waals surface area (Å²) in [6, 6.07) is 18.1. The van der Waals surface area contributed by atoms with Crippen molar-refractivity contribution < 1.29 is 9.53 Å². The average molecular weight is 535 g/mol. The van der Waals surface area contributed by atoms with Crippen molar-refractivity contribution in [2.75, 3.05) is 6.61 Å². The molecule has 9 heteroatoms. The number of fused-ring (bicyclic) bond motifs is 2. The van der Waals surface area contributed by atoms with Crippen LogP contribution in [0.25, 0.3) is 17.0 Å². The molecule has 8 nitrogen and oxygen atoms in total. The number of para-hydroxylation sites is 1. The van der Waals surface area contributed by atoms with Gasteiger partial charge in [-0.05, 0) is 72.6 Å². The number of ether oxygens (including phenoxy) is 1. The van der Waals surface area contributed by atoms with Crippen molar-refractivity contribution in [3.05, 3.63) is 101 Å². The number of nitrogens with one attached hydrogen (secondary N) is 1. The number of rotatable bonds is 7. The largest absolute Gasteiger partial charge is 0.492 e.